The Labute approximate surface area is 102 Å². The first-order chi connectivity index (χ1) is 7.86. The van der Waals surface area contributed by atoms with Crippen LogP contribution in [0.4, 0.5) is 3.89 Å². The van der Waals surface area contributed by atoms with E-state index in [0.717, 1.165) is 11.3 Å². The summed E-state index contributed by atoms with van der Waals surface area (Å²) in [4.78, 5) is 5.47. The first-order valence-electron chi connectivity index (χ1n) is 5.26. The molecule has 84 valence electrons. The van der Waals surface area contributed by atoms with Crippen LogP contribution in [0.25, 0.3) is 11.0 Å². The van der Waals surface area contributed by atoms with E-state index in [1.807, 2.05) is 24.0 Å². The zero-order valence-electron chi connectivity index (χ0n) is 8.60. The van der Waals surface area contributed by atoms with Crippen molar-refractivity contribution in [3.8, 4) is 0 Å². The van der Waals surface area contributed by atoms with Gasteiger partial charge in [-0.25, -0.2) is 8.96 Å². The third-order valence-corrected chi connectivity index (χ3v) is 4.36. The van der Waals surface area contributed by atoms with Crippen molar-refractivity contribution in [1.29, 1.82) is 0 Å². The molecule has 0 spiro atoms. The van der Waals surface area contributed by atoms with Gasteiger partial charge in [0.1, 0.15) is 0 Å². The van der Waals surface area contributed by atoms with Crippen LogP contribution >= 0.6 is 24.1 Å². The van der Waals surface area contributed by atoms with Gasteiger partial charge < -0.3 is 0 Å². The fourth-order valence-electron chi connectivity index (χ4n) is 1.61. The summed E-state index contributed by atoms with van der Waals surface area (Å²) in [6.07, 6.45) is 6.29. The lowest BCUT2D eigenvalue weighted by molar-refractivity contribution is 0.919. The molecule has 16 heavy (non-hydrogen) atoms. The van der Waals surface area contributed by atoms with Crippen molar-refractivity contribution in [2.75, 3.05) is 5.75 Å². The molecule has 0 radical (unpaired) electrons. The Morgan fingerprint density at radius 1 is 1.50 bits per heavy atom. The maximum atomic E-state index is 12.5. The Bertz CT molecular complexity index is 508. The van der Waals surface area contributed by atoms with Crippen LogP contribution in [0.2, 0.25) is 0 Å². The molecule has 0 aliphatic heterocycles. The average molecular weight is 254 g/mol. The molecule has 5 heteroatoms. The van der Waals surface area contributed by atoms with Crippen LogP contribution < -0.4 is 0 Å². The molecule has 2 nitrogen and oxygen atoms in total. The molecular weight excluding hydrogens is 243 g/mol. The van der Waals surface area contributed by atoms with Gasteiger partial charge in [-0.2, -0.15) is 0 Å². The minimum absolute atomic E-state index is 0.186. The summed E-state index contributed by atoms with van der Waals surface area (Å²) >= 11 is 2.04. The molecule has 0 atom stereocenters. The zero-order chi connectivity index (χ0) is 11.0. The number of hydrogen-bond donors (Lipinski definition) is 0. The van der Waals surface area contributed by atoms with E-state index in [1.165, 1.54) is 27.5 Å². The Morgan fingerprint density at radius 3 is 3.12 bits per heavy atom. The fraction of sp³-hybridized carbons (Fsp3) is 0.364. The first kappa shape index (κ1) is 10.5. The van der Waals surface area contributed by atoms with Crippen molar-refractivity contribution in [2.24, 2.45) is 5.92 Å². The monoisotopic (exact) mass is 254 g/mol. The van der Waals surface area contributed by atoms with Gasteiger partial charge in [0.15, 0.2) is 18.0 Å². The molecular formula is C11H11FN2S2. The quantitative estimate of drug-likeness (QED) is 0.770. The lowest BCUT2D eigenvalue weighted by Crippen LogP contribution is -1.86. The van der Waals surface area contributed by atoms with Crippen molar-refractivity contribution in [2.45, 2.75) is 17.7 Å². The van der Waals surface area contributed by atoms with Gasteiger partial charge in [0.05, 0.1) is 0 Å². The second-order valence-electron chi connectivity index (χ2n) is 4.05. The molecule has 2 aromatic rings. The highest BCUT2D eigenvalue weighted by molar-refractivity contribution is 7.99. The Balaban J connectivity index is 1.84. The van der Waals surface area contributed by atoms with Gasteiger partial charge in [-0.05, 0) is 30.9 Å². The first-order valence-corrected chi connectivity index (χ1v) is 6.92. The van der Waals surface area contributed by atoms with Gasteiger partial charge in [-0.1, -0.05) is 0 Å². The smallest absolute Gasteiger partial charge is 0.171 e. The number of thioether (sulfide) groups is 1. The molecule has 0 bridgehead atoms. The number of rotatable bonds is 4. The van der Waals surface area contributed by atoms with Gasteiger partial charge >= 0.3 is 0 Å². The van der Waals surface area contributed by atoms with E-state index >= 15 is 0 Å². The lowest BCUT2D eigenvalue weighted by atomic mass is 10.3. The van der Waals surface area contributed by atoms with Crippen LogP contribution in [0, 0.1) is 5.92 Å². The Hall–Kier alpha value is -0.680. The minimum atomic E-state index is 0.186. The topological polar surface area (TPSA) is 17.8 Å². The van der Waals surface area contributed by atoms with Gasteiger partial charge in [0.25, 0.3) is 0 Å². The summed E-state index contributed by atoms with van der Waals surface area (Å²) in [6, 6.07) is 3.98. The third kappa shape index (κ3) is 2.06. The van der Waals surface area contributed by atoms with Gasteiger partial charge in [-0.3, -0.25) is 0 Å². The zero-order valence-corrected chi connectivity index (χ0v) is 10.2. The number of pyridine rings is 1. The number of halogens is 1. The minimum Gasteiger partial charge on any atom is -0.247 e. The Kier molecular flexibility index (Phi) is 2.81. The molecule has 2 heterocycles. The maximum Gasteiger partial charge on any atom is 0.171 e. The summed E-state index contributed by atoms with van der Waals surface area (Å²) in [7, 11) is 0. The second-order valence-corrected chi connectivity index (χ2v) is 5.67. The third-order valence-electron chi connectivity index (χ3n) is 2.73. The fourth-order valence-corrected chi connectivity index (χ4v) is 3.04. The van der Waals surface area contributed by atoms with E-state index in [4.69, 9.17) is 0 Å². The van der Waals surface area contributed by atoms with Crippen molar-refractivity contribution in [1.82, 2.24) is 8.96 Å². The predicted molar refractivity (Wildman–Crippen MR) is 67.3 cm³/mol. The summed E-state index contributed by atoms with van der Waals surface area (Å²) < 4.78 is 13.9. The highest BCUT2D eigenvalue weighted by Gasteiger charge is 2.21. The molecule has 0 saturated heterocycles. The van der Waals surface area contributed by atoms with Crippen LogP contribution in [-0.4, -0.2) is 14.7 Å². The van der Waals surface area contributed by atoms with Crippen molar-refractivity contribution in [3.63, 3.8) is 0 Å². The van der Waals surface area contributed by atoms with E-state index in [-0.39, 0.29) is 12.3 Å². The predicted octanol–water partition coefficient (Wildman–Crippen LogP) is 3.92. The standard InChI is InChI=1S/C11H11FN2S2/c12-16-14-4-3-9-5-10(6-13-11(9)14)15-7-8-1-2-8/h3-6,8H,1-2,7H2. The number of hydrogen-bond acceptors (Lipinski definition) is 3. The molecule has 3 rings (SSSR count). The number of aromatic nitrogens is 2. The largest absolute Gasteiger partial charge is 0.247 e. The van der Waals surface area contributed by atoms with Crippen molar-refractivity contribution in [3.05, 3.63) is 24.5 Å². The summed E-state index contributed by atoms with van der Waals surface area (Å²) in [5.74, 6) is 2.10. The van der Waals surface area contributed by atoms with Crippen LogP contribution in [-0.2, 0) is 0 Å². The molecule has 0 aromatic carbocycles. The van der Waals surface area contributed by atoms with E-state index in [1.54, 1.807) is 6.20 Å². The van der Waals surface area contributed by atoms with Crippen LogP contribution in [0.1, 0.15) is 12.8 Å². The SMILES string of the molecule is FSn1ccc2cc(SCC3CC3)cnc21. The van der Waals surface area contributed by atoms with Gasteiger partial charge in [0, 0.05) is 28.4 Å². The van der Waals surface area contributed by atoms with Crippen LogP contribution in [0.15, 0.2) is 29.4 Å². The number of fused-ring (bicyclic) bond motifs is 1. The van der Waals surface area contributed by atoms with Crippen molar-refractivity contribution >= 4 is 35.1 Å². The average Bonchev–Trinajstić information content (AvgIpc) is 3.05. The lowest BCUT2D eigenvalue weighted by Gasteiger charge is -2.00. The molecule has 1 fully saturated rings. The molecule has 0 unspecified atom stereocenters. The molecule has 1 aliphatic rings. The summed E-state index contributed by atoms with van der Waals surface area (Å²) in [5.41, 5.74) is 0.697. The van der Waals surface area contributed by atoms with Gasteiger partial charge in [0.2, 0.25) is 0 Å². The highest BCUT2D eigenvalue weighted by Crippen LogP contribution is 2.35. The molecule has 0 amide bonds. The maximum absolute atomic E-state index is 12.5. The normalized spacial score (nSPS) is 15.8. The van der Waals surface area contributed by atoms with E-state index in [0.29, 0.717) is 5.65 Å². The molecule has 1 aliphatic carbocycles. The summed E-state index contributed by atoms with van der Waals surface area (Å²) in [6.45, 7) is 0. The highest BCUT2D eigenvalue weighted by atomic mass is 32.2. The second kappa shape index (κ2) is 4.30. The molecule has 0 N–H and O–H groups in total. The van der Waals surface area contributed by atoms with E-state index in [9.17, 15) is 3.89 Å². The van der Waals surface area contributed by atoms with Crippen molar-refractivity contribution < 1.29 is 3.89 Å². The van der Waals surface area contributed by atoms with Crippen LogP contribution in [0.3, 0.4) is 0 Å². The van der Waals surface area contributed by atoms with Gasteiger partial charge in [-0.15, -0.1) is 15.6 Å². The van der Waals surface area contributed by atoms with E-state index < -0.39 is 0 Å². The molecule has 1 saturated carbocycles. The Morgan fingerprint density at radius 2 is 2.38 bits per heavy atom. The van der Waals surface area contributed by atoms with E-state index in [2.05, 4.69) is 11.1 Å². The molecule has 2 aromatic heterocycles. The van der Waals surface area contributed by atoms with Crippen LogP contribution in [0.5, 0.6) is 0 Å². The number of nitrogens with zero attached hydrogens (tertiary/aromatic N) is 2. The summed E-state index contributed by atoms with van der Waals surface area (Å²) in [5, 5.41) is 1.01.